The zero-order valence-corrected chi connectivity index (χ0v) is 10.2. The summed E-state index contributed by atoms with van der Waals surface area (Å²) in [6.07, 6.45) is 1.36. The summed E-state index contributed by atoms with van der Waals surface area (Å²) >= 11 is 0. The molecule has 1 fully saturated rings. The number of carbonyl (C=O) groups is 1. The van der Waals surface area contributed by atoms with Gasteiger partial charge in [0.05, 0.1) is 24.6 Å². The molecule has 5 nitrogen and oxygen atoms in total. The Balaban J connectivity index is 1.64. The fraction of sp³-hybridized carbons (Fsp3) is 0.462. The molecule has 1 aromatic rings. The largest absolute Gasteiger partial charge is 0.397 e. The molecule has 2 rings (SSSR count). The van der Waals surface area contributed by atoms with E-state index < -0.39 is 0 Å². The van der Waals surface area contributed by atoms with Gasteiger partial charge in [-0.1, -0.05) is 12.1 Å². The van der Waals surface area contributed by atoms with Crippen molar-refractivity contribution in [1.29, 1.82) is 0 Å². The fourth-order valence-electron chi connectivity index (χ4n) is 1.62. The minimum atomic E-state index is -0.0404. The number of benzene rings is 1. The Morgan fingerprint density at radius 3 is 2.89 bits per heavy atom. The van der Waals surface area contributed by atoms with E-state index in [1.807, 2.05) is 12.1 Å². The molecule has 0 unspecified atom stereocenters. The highest BCUT2D eigenvalue weighted by Crippen LogP contribution is 2.17. The van der Waals surface area contributed by atoms with Crippen LogP contribution in [0.1, 0.15) is 12.8 Å². The summed E-state index contributed by atoms with van der Waals surface area (Å²) < 4.78 is 10.5. The summed E-state index contributed by atoms with van der Waals surface area (Å²) in [5, 5.41) is 2.78. The van der Waals surface area contributed by atoms with Gasteiger partial charge in [-0.25, -0.2) is 0 Å². The van der Waals surface area contributed by atoms with Gasteiger partial charge in [-0.15, -0.1) is 0 Å². The monoisotopic (exact) mass is 250 g/mol. The first kappa shape index (κ1) is 12.9. The number of ether oxygens (including phenoxy) is 2. The number of para-hydroxylation sites is 2. The molecule has 5 heteroatoms. The van der Waals surface area contributed by atoms with Gasteiger partial charge in [0.25, 0.3) is 0 Å². The van der Waals surface area contributed by atoms with E-state index in [-0.39, 0.29) is 12.0 Å². The van der Waals surface area contributed by atoms with Crippen LogP contribution < -0.4 is 11.1 Å². The predicted octanol–water partition coefficient (Wildman–Crippen LogP) is 1.40. The third kappa shape index (κ3) is 3.72. The lowest BCUT2D eigenvalue weighted by Crippen LogP contribution is -2.36. The molecule has 18 heavy (non-hydrogen) atoms. The van der Waals surface area contributed by atoms with Gasteiger partial charge < -0.3 is 20.5 Å². The van der Waals surface area contributed by atoms with Gasteiger partial charge in [0.2, 0.25) is 5.91 Å². The second kappa shape index (κ2) is 6.37. The molecule has 1 saturated heterocycles. The van der Waals surface area contributed by atoms with Crippen molar-refractivity contribution >= 4 is 17.3 Å². The van der Waals surface area contributed by atoms with E-state index in [0.717, 1.165) is 0 Å². The number of nitrogen functional groups attached to an aromatic ring is 1. The molecule has 1 aromatic carbocycles. The average Bonchev–Trinajstić information content (AvgIpc) is 2.29. The van der Waals surface area contributed by atoms with Crippen LogP contribution in [0.3, 0.4) is 0 Å². The Morgan fingerprint density at radius 2 is 2.22 bits per heavy atom. The molecule has 0 bridgehead atoms. The molecule has 0 spiro atoms. The fourth-order valence-corrected chi connectivity index (χ4v) is 1.62. The standard InChI is InChI=1S/C13H18N2O3/c14-11-4-1-2-5-12(11)15-13(16)6-3-7-18-10-8-17-9-10/h1-2,4-5,10H,3,6-9,14H2,(H,15,16). The number of carbonyl (C=O) groups excluding carboxylic acids is 1. The normalized spacial score (nSPS) is 15.1. The van der Waals surface area contributed by atoms with Crippen molar-refractivity contribution in [3.8, 4) is 0 Å². The smallest absolute Gasteiger partial charge is 0.224 e. The number of nitrogens with two attached hydrogens (primary N) is 1. The van der Waals surface area contributed by atoms with Gasteiger partial charge >= 0.3 is 0 Å². The van der Waals surface area contributed by atoms with Crippen LogP contribution >= 0.6 is 0 Å². The van der Waals surface area contributed by atoms with Crippen LogP contribution in [0.5, 0.6) is 0 Å². The van der Waals surface area contributed by atoms with Gasteiger partial charge in [0.1, 0.15) is 6.10 Å². The molecule has 1 heterocycles. The van der Waals surface area contributed by atoms with Crippen molar-refractivity contribution in [2.75, 3.05) is 30.9 Å². The summed E-state index contributed by atoms with van der Waals surface area (Å²) in [5.74, 6) is -0.0404. The van der Waals surface area contributed by atoms with Gasteiger partial charge in [0, 0.05) is 13.0 Å². The lowest BCUT2D eigenvalue weighted by atomic mass is 10.2. The highest BCUT2D eigenvalue weighted by atomic mass is 16.6. The van der Waals surface area contributed by atoms with E-state index in [9.17, 15) is 4.79 Å². The molecular formula is C13H18N2O3. The average molecular weight is 250 g/mol. The summed E-state index contributed by atoms with van der Waals surface area (Å²) in [5.41, 5.74) is 6.98. The number of nitrogens with one attached hydrogen (secondary N) is 1. The van der Waals surface area contributed by atoms with Gasteiger partial charge in [0.15, 0.2) is 0 Å². The molecule has 0 atom stereocenters. The highest BCUT2D eigenvalue weighted by Gasteiger charge is 2.18. The van der Waals surface area contributed by atoms with Gasteiger partial charge in [-0.05, 0) is 18.6 Å². The van der Waals surface area contributed by atoms with Crippen LogP contribution in [0, 0.1) is 0 Å². The third-order valence-electron chi connectivity index (χ3n) is 2.74. The van der Waals surface area contributed by atoms with Crippen molar-refractivity contribution < 1.29 is 14.3 Å². The van der Waals surface area contributed by atoms with Crippen molar-refractivity contribution in [2.24, 2.45) is 0 Å². The Morgan fingerprint density at radius 1 is 1.44 bits per heavy atom. The van der Waals surface area contributed by atoms with E-state index >= 15 is 0 Å². The van der Waals surface area contributed by atoms with Crippen LogP contribution in [0.4, 0.5) is 11.4 Å². The molecule has 1 aliphatic heterocycles. The predicted molar refractivity (Wildman–Crippen MR) is 69.3 cm³/mol. The maximum Gasteiger partial charge on any atom is 0.224 e. The zero-order chi connectivity index (χ0) is 12.8. The van der Waals surface area contributed by atoms with Gasteiger partial charge in [-0.2, -0.15) is 0 Å². The number of hydrogen-bond acceptors (Lipinski definition) is 4. The molecule has 0 aromatic heterocycles. The molecule has 3 N–H and O–H groups in total. The number of amides is 1. The summed E-state index contributed by atoms with van der Waals surface area (Å²) in [6, 6.07) is 7.22. The Labute approximate surface area is 106 Å². The van der Waals surface area contributed by atoms with E-state index in [2.05, 4.69) is 5.32 Å². The number of anilines is 2. The second-order valence-electron chi connectivity index (χ2n) is 4.27. The quantitative estimate of drug-likeness (QED) is 0.591. The van der Waals surface area contributed by atoms with Crippen LogP contribution in [0.2, 0.25) is 0 Å². The van der Waals surface area contributed by atoms with E-state index in [4.69, 9.17) is 15.2 Å². The van der Waals surface area contributed by atoms with Crippen molar-refractivity contribution in [3.63, 3.8) is 0 Å². The minimum absolute atomic E-state index is 0.0404. The van der Waals surface area contributed by atoms with Crippen LogP contribution in [0.25, 0.3) is 0 Å². The second-order valence-corrected chi connectivity index (χ2v) is 4.27. The molecule has 98 valence electrons. The Bertz CT molecular complexity index is 405. The number of rotatable bonds is 6. The molecule has 1 aliphatic rings. The van der Waals surface area contributed by atoms with Crippen molar-refractivity contribution in [1.82, 2.24) is 0 Å². The maximum absolute atomic E-state index is 11.6. The van der Waals surface area contributed by atoms with Crippen LogP contribution in [-0.2, 0) is 14.3 Å². The minimum Gasteiger partial charge on any atom is -0.397 e. The Hall–Kier alpha value is -1.59. The lowest BCUT2D eigenvalue weighted by Gasteiger charge is -2.25. The molecule has 0 saturated carbocycles. The molecular weight excluding hydrogens is 232 g/mol. The molecule has 0 aliphatic carbocycles. The highest BCUT2D eigenvalue weighted by molar-refractivity contribution is 5.93. The zero-order valence-electron chi connectivity index (χ0n) is 10.2. The SMILES string of the molecule is Nc1ccccc1NC(=O)CCCOC1COC1. The van der Waals surface area contributed by atoms with E-state index in [1.165, 1.54) is 0 Å². The summed E-state index contributed by atoms with van der Waals surface area (Å²) in [4.78, 5) is 11.6. The Kier molecular flexibility index (Phi) is 4.55. The third-order valence-corrected chi connectivity index (χ3v) is 2.74. The van der Waals surface area contributed by atoms with Gasteiger partial charge in [-0.3, -0.25) is 4.79 Å². The maximum atomic E-state index is 11.6. The number of hydrogen-bond donors (Lipinski definition) is 2. The van der Waals surface area contributed by atoms with E-state index in [1.54, 1.807) is 12.1 Å². The van der Waals surface area contributed by atoms with E-state index in [0.29, 0.717) is 44.0 Å². The van der Waals surface area contributed by atoms with Crippen molar-refractivity contribution in [3.05, 3.63) is 24.3 Å². The van der Waals surface area contributed by atoms with Crippen molar-refractivity contribution in [2.45, 2.75) is 18.9 Å². The summed E-state index contributed by atoms with van der Waals surface area (Å²) in [7, 11) is 0. The molecule has 0 radical (unpaired) electrons. The van der Waals surface area contributed by atoms with Crippen LogP contribution in [0.15, 0.2) is 24.3 Å². The van der Waals surface area contributed by atoms with Crippen LogP contribution in [-0.4, -0.2) is 31.8 Å². The first-order valence-corrected chi connectivity index (χ1v) is 6.09. The first-order valence-electron chi connectivity index (χ1n) is 6.09. The topological polar surface area (TPSA) is 73.6 Å². The molecule has 1 amide bonds. The lowest BCUT2D eigenvalue weighted by molar-refractivity contribution is -0.131. The summed E-state index contributed by atoms with van der Waals surface area (Å²) in [6.45, 7) is 1.94. The first-order chi connectivity index (χ1) is 8.75.